The summed E-state index contributed by atoms with van der Waals surface area (Å²) in [7, 11) is 0. The molecule has 0 aliphatic carbocycles. The van der Waals surface area contributed by atoms with Crippen LogP contribution >= 0.6 is 0 Å². The zero-order valence-corrected chi connectivity index (χ0v) is 42.2. The summed E-state index contributed by atoms with van der Waals surface area (Å²) < 4.78 is 16.8. The predicted octanol–water partition coefficient (Wildman–Crippen LogP) is 17.8. The highest BCUT2D eigenvalue weighted by Crippen LogP contribution is 2.14. The number of unbranched alkanes of at least 4 members (excludes halogenated alkanes) is 20. The van der Waals surface area contributed by atoms with Crippen molar-refractivity contribution in [1.29, 1.82) is 0 Å². The van der Waals surface area contributed by atoms with E-state index in [2.05, 4.69) is 118 Å². The smallest absolute Gasteiger partial charge is 0.306 e. The van der Waals surface area contributed by atoms with Gasteiger partial charge in [0.15, 0.2) is 6.10 Å². The monoisotopic (exact) mass is 903 g/mol. The van der Waals surface area contributed by atoms with E-state index < -0.39 is 6.10 Å². The number of rotatable bonds is 47. The molecule has 0 aromatic rings. The van der Waals surface area contributed by atoms with E-state index in [1.54, 1.807) is 0 Å². The fraction of sp³-hybridized carbons (Fsp3) is 0.678. The zero-order valence-electron chi connectivity index (χ0n) is 42.2. The lowest BCUT2D eigenvalue weighted by atomic mass is 10.0. The Bertz CT molecular complexity index is 1310. The van der Waals surface area contributed by atoms with Gasteiger partial charge in [-0.15, -0.1) is 0 Å². The zero-order chi connectivity index (χ0) is 47.2. The fourth-order valence-electron chi connectivity index (χ4n) is 7.13. The molecule has 0 aromatic carbocycles. The standard InChI is InChI=1S/C59H98O6/c1-4-7-10-13-16-19-22-25-27-28-29-30-32-35-38-41-44-47-50-53-59(62)65-56(54-63-57(60)51-48-45-42-39-36-33-24-21-18-15-12-9-6-3)55-64-58(61)52-49-46-43-40-37-34-31-26-23-20-17-14-11-8-5-2/h7-8,10-11,16-17,19-20,25-27,29-31,35,38,56H,4-6,9,12-15,18,21-24,28,32-34,36-37,39-55H2,1-3H3/b10-7-,11-8-,19-16-,20-17-,27-25-,30-29-,31-26-,38-35-/t56-/m0/s1. The van der Waals surface area contributed by atoms with Gasteiger partial charge < -0.3 is 14.2 Å². The number of ether oxygens (including phenoxy) is 3. The first-order valence-corrected chi connectivity index (χ1v) is 26.7. The van der Waals surface area contributed by atoms with Crippen molar-refractivity contribution in [2.45, 2.75) is 245 Å². The molecule has 1 atom stereocenters. The van der Waals surface area contributed by atoms with Crippen LogP contribution in [0.1, 0.15) is 239 Å². The number of hydrogen-bond acceptors (Lipinski definition) is 6. The highest BCUT2D eigenvalue weighted by molar-refractivity contribution is 5.71. The van der Waals surface area contributed by atoms with Crippen molar-refractivity contribution < 1.29 is 28.6 Å². The molecule has 0 aliphatic rings. The first-order chi connectivity index (χ1) is 32.0. The van der Waals surface area contributed by atoms with Crippen LogP contribution in [-0.4, -0.2) is 37.2 Å². The summed E-state index contributed by atoms with van der Waals surface area (Å²) in [6.07, 6.45) is 69.6. The van der Waals surface area contributed by atoms with Gasteiger partial charge in [0.1, 0.15) is 13.2 Å². The van der Waals surface area contributed by atoms with Crippen LogP contribution in [0.3, 0.4) is 0 Å². The summed E-state index contributed by atoms with van der Waals surface area (Å²) in [5.41, 5.74) is 0. The third-order valence-corrected chi connectivity index (χ3v) is 11.1. The maximum atomic E-state index is 12.8. The maximum Gasteiger partial charge on any atom is 0.306 e. The highest BCUT2D eigenvalue weighted by Gasteiger charge is 2.19. The molecule has 0 spiro atoms. The number of esters is 3. The van der Waals surface area contributed by atoms with Gasteiger partial charge in [-0.1, -0.05) is 221 Å². The normalized spacial score (nSPS) is 12.8. The van der Waals surface area contributed by atoms with E-state index >= 15 is 0 Å². The van der Waals surface area contributed by atoms with E-state index in [1.807, 2.05) is 0 Å². The molecule has 0 saturated heterocycles. The largest absolute Gasteiger partial charge is 0.462 e. The number of carbonyl (C=O) groups is 3. The van der Waals surface area contributed by atoms with E-state index in [-0.39, 0.29) is 37.5 Å². The summed E-state index contributed by atoms with van der Waals surface area (Å²) in [4.78, 5) is 38.0. The van der Waals surface area contributed by atoms with Crippen LogP contribution in [0.2, 0.25) is 0 Å². The van der Waals surface area contributed by atoms with Crippen LogP contribution in [0.25, 0.3) is 0 Å². The highest BCUT2D eigenvalue weighted by atomic mass is 16.6. The van der Waals surface area contributed by atoms with E-state index in [0.717, 1.165) is 135 Å². The van der Waals surface area contributed by atoms with Crippen LogP contribution in [0.15, 0.2) is 97.2 Å². The molecule has 0 N–H and O–H groups in total. The van der Waals surface area contributed by atoms with Crippen LogP contribution < -0.4 is 0 Å². The molecule has 0 rings (SSSR count). The summed E-state index contributed by atoms with van der Waals surface area (Å²) in [5.74, 6) is -0.946. The second-order valence-electron chi connectivity index (χ2n) is 17.4. The topological polar surface area (TPSA) is 78.9 Å². The van der Waals surface area contributed by atoms with Crippen LogP contribution in [0.5, 0.6) is 0 Å². The Morgan fingerprint density at radius 2 is 0.600 bits per heavy atom. The Morgan fingerprint density at radius 3 is 0.954 bits per heavy atom. The third kappa shape index (κ3) is 51.2. The van der Waals surface area contributed by atoms with Crippen molar-refractivity contribution in [3.05, 3.63) is 97.2 Å². The first-order valence-electron chi connectivity index (χ1n) is 26.7. The van der Waals surface area contributed by atoms with Crippen molar-refractivity contribution in [2.75, 3.05) is 13.2 Å². The Hall–Kier alpha value is -3.67. The molecule has 0 radical (unpaired) electrons. The SMILES string of the molecule is CC/C=C\C/C=C\C/C=C\C/C=C\C/C=C\CCCCCC(=O)O[C@H](COC(=O)CCCCCCC/C=C\C/C=C\C/C=C\CC)COC(=O)CCCCCCCCCCCCCCC. The van der Waals surface area contributed by atoms with Crippen molar-refractivity contribution >= 4 is 17.9 Å². The lowest BCUT2D eigenvalue weighted by Gasteiger charge is -2.18. The van der Waals surface area contributed by atoms with Crippen molar-refractivity contribution in [2.24, 2.45) is 0 Å². The molecule has 0 amide bonds. The summed E-state index contributed by atoms with van der Waals surface area (Å²) >= 11 is 0. The molecule has 65 heavy (non-hydrogen) atoms. The first kappa shape index (κ1) is 61.3. The van der Waals surface area contributed by atoms with Gasteiger partial charge in [-0.3, -0.25) is 14.4 Å². The minimum atomic E-state index is -0.801. The van der Waals surface area contributed by atoms with E-state index in [1.165, 1.54) is 64.2 Å². The second kappa shape index (κ2) is 52.9. The Kier molecular flexibility index (Phi) is 50.0. The average Bonchev–Trinajstić information content (AvgIpc) is 3.30. The van der Waals surface area contributed by atoms with Crippen LogP contribution in [-0.2, 0) is 28.6 Å². The molecule has 0 aromatic heterocycles. The van der Waals surface area contributed by atoms with Gasteiger partial charge in [-0.05, 0) is 96.3 Å². The quantitative estimate of drug-likeness (QED) is 0.0262. The summed E-state index contributed by atoms with van der Waals surface area (Å²) in [6, 6.07) is 0. The van der Waals surface area contributed by atoms with Gasteiger partial charge in [0.25, 0.3) is 0 Å². The van der Waals surface area contributed by atoms with Gasteiger partial charge in [-0.25, -0.2) is 0 Å². The van der Waals surface area contributed by atoms with Crippen molar-refractivity contribution in [3.8, 4) is 0 Å². The van der Waals surface area contributed by atoms with Crippen LogP contribution in [0, 0.1) is 0 Å². The Balaban J connectivity index is 4.48. The van der Waals surface area contributed by atoms with Crippen molar-refractivity contribution in [1.82, 2.24) is 0 Å². The van der Waals surface area contributed by atoms with E-state index in [0.29, 0.717) is 12.8 Å². The number of hydrogen-bond donors (Lipinski definition) is 0. The molecular weight excluding hydrogens is 805 g/mol. The summed E-state index contributed by atoms with van der Waals surface area (Å²) in [5, 5.41) is 0. The minimum absolute atomic E-state index is 0.0958. The maximum absolute atomic E-state index is 12.8. The Labute approximate surface area is 400 Å². The van der Waals surface area contributed by atoms with Crippen LogP contribution in [0.4, 0.5) is 0 Å². The van der Waals surface area contributed by atoms with Gasteiger partial charge in [0, 0.05) is 19.3 Å². The molecule has 6 heteroatoms. The average molecular weight is 903 g/mol. The predicted molar refractivity (Wildman–Crippen MR) is 279 cm³/mol. The Morgan fingerprint density at radius 1 is 0.323 bits per heavy atom. The fourth-order valence-corrected chi connectivity index (χ4v) is 7.13. The van der Waals surface area contributed by atoms with Gasteiger partial charge >= 0.3 is 17.9 Å². The molecule has 0 unspecified atom stereocenters. The second-order valence-corrected chi connectivity index (χ2v) is 17.4. The molecule has 0 bridgehead atoms. The van der Waals surface area contributed by atoms with E-state index in [4.69, 9.17) is 14.2 Å². The summed E-state index contributed by atoms with van der Waals surface area (Å²) in [6.45, 7) is 6.37. The van der Waals surface area contributed by atoms with Crippen molar-refractivity contribution in [3.63, 3.8) is 0 Å². The molecule has 0 fully saturated rings. The van der Waals surface area contributed by atoms with Gasteiger partial charge in [0.2, 0.25) is 0 Å². The lowest BCUT2D eigenvalue weighted by molar-refractivity contribution is -0.167. The number of carbonyl (C=O) groups excluding carboxylic acids is 3. The molecule has 0 saturated carbocycles. The molecule has 6 nitrogen and oxygen atoms in total. The minimum Gasteiger partial charge on any atom is -0.462 e. The number of allylic oxidation sites excluding steroid dienone is 16. The molecule has 0 heterocycles. The van der Waals surface area contributed by atoms with E-state index in [9.17, 15) is 14.4 Å². The molecule has 370 valence electrons. The third-order valence-electron chi connectivity index (χ3n) is 11.1. The molecule has 0 aliphatic heterocycles. The lowest BCUT2D eigenvalue weighted by Crippen LogP contribution is -2.30. The van der Waals surface area contributed by atoms with Gasteiger partial charge in [0.05, 0.1) is 0 Å². The molecular formula is C59H98O6. The van der Waals surface area contributed by atoms with Gasteiger partial charge in [-0.2, -0.15) is 0 Å².